The van der Waals surface area contributed by atoms with E-state index in [0.29, 0.717) is 11.4 Å². The molecule has 0 saturated carbocycles. The SMILES string of the molecule is Cc1c(Cl)cccc1C(O)Cc1cccc2ccccc12. The number of rotatable bonds is 3. The highest BCUT2D eigenvalue weighted by Crippen LogP contribution is 2.28. The van der Waals surface area contributed by atoms with Crippen LogP contribution >= 0.6 is 11.6 Å². The molecule has 0 bridgehead atoms. The van der Waals surface area contributed by atoms with Gasteiger partial charge in [0.25, 0.3) is 0 Å². The van der Waals surface area contributed by atoms with Crippen LogP contribution in [-0.2, 0) is 6.42 Å². The van der Waals surface area contributed by atoms with Crippen molar-refractivity contribution >= 4 is 22.4 Å². The van der Waals surface area contributed by atoms with Crippen molar-refractivity contribution in [2.75, 3.05) is 0 Å². The van der Waals surface area contributed by atoms with Crippen LogP contribution in [0.3, 0.4) is 0 Å². The number of hydrogen-bond donors (Lipinski definition) is 1. The Morgan fingerprint density at radius 1 is 0.952 bits per heavy atom. The van der Waals surface area contributed by atoms with E-state index in [4.69, 9.17) is 11.6 Å². The normalized spacial score (nSPS) is 12.5. The Bertz CT molecular complexity index is 774. The maximum Gasteiger partial charge on any atom is 0.0833 e. The summed E-state index contributed by atoms with van der Waals surface area (Å²) in [6.07, 6.45) is 0.0391. The van der Waals surface area contributed by atoms with Crippen LogP contribution in [0.2, 0.25) is 5.02 Å². The average Bonchev–Trinajstić information content (AvgIpc) is 2.50. The molecule has 1 nitrogen and oxygen atoms in total. The highest BCUT2D eigenvalue weighted by atomic mass is 35.5. The summed E-state index contributed by atoms with van der Waals surface area (Å²) in [5.41, 5.74) is 3.00. The lowest BCUT2D eigenvalue weighted by Crippen LogP contribution is -2.04. The first-order valence-electron chi connectivity index (χ1n) is 7.06. The van der Waals surface area contributed by atoms with Crippen molar-refractivity contribution in [2.24, 2.45) is 0 Å². The van der Waals surface area contributed by atoms with Gasteiger partial charge in [0.15, 0.2) is 0 Å². The van der Waals surface area contributed by atoms with E-state index in [0.717, 1.165) is 16.7 Å². The molecule has 0 aromatic heterocycles. The van der Waals surface area contributed by atoms with Crippen LogP contribution in [-0.4, -0.2) is 5.11 Å². The minimum atomic E-state index is -0.547. The first-order valence-corrected chi connectivity index (χ1v) is 7.44. The van der Waals surface area contributed by atoms with Gasteiger partial charge in [-0.15, -0.1) is 0 Å². The molecular formula is C19H17ClO. The standard InChI is InChI=1S/C19H17ClO/c1-13-16(10-5-11-18(13)20)19(21)12-15-8-4-7-14-6-2-3-9-17(14)15/h2-11,19,21H,12H2,1H3. The van der Waals surface area contributed by atoms with Crippen LogP contribution in [0.5, 0.6) is 0 Å². The molecule has 3 aromatic carbocycles. The third-order valence-corrected chi connectivity index (χ3v) is 4.37. The molecule has 1 atom stereocenters. The van der Waals surface area contributed by atoms with Crippen LogP contribution in [0.15, 0.2) is 60.7 Å². The van der Waals surface area contributed by atoms with Gasteiger partial charge in [-0.3, -0.25) is 0 Å². The first-order chi connectivity index (χ1) is 10.2. The van der Waals surface area contributed by atoms with Crippen molar-refractivity contribution in [3.05, 3.63) is 82.4 Å². The lowest BCUT2D eigenvalue weighted by molar-refractivity contribution is 0.178. The van der Waals surface area contributed by atoms with Crippen molar-refractivity contribution in [3.8, 4) is 0 Å². The second-order valence-electron chi connectivity index (χ2n) is 5.31. The Labute approximate surface area is 129 Å². The number of benzene rings is 3. The summed E-state index contributed by atoms with van der Waals surface area (Å²) in [5.74, 6) is 0. The Morgan fingerprint density at radius 3 is 2.52 bits per heavy atom. The van der Waals surface area contributed by atoms with Crippen molar-refractivity contribution in [3.63, 3.8) is 0 Å². The van der Waals surface area contributed by atoms with Gasteiger partial charge in [0, 0.05) is 11.4 Å². The molecule has 106 valence electrons. The van der Waals surface area contributed by atoms with E-state index in [1.807, 2.05) is 43.3 Å². The van der Waals surface area contributed by atoms with Crippen molar-refractivity contribution in [1.82, 2.24) is 0 Å². The minimum absolute atomic E-state index is 0.547. The van der Waals surface area contributed by atoms with Gasteiger partial charge in [0.1, 0.15) is 0 Å². The molecule has 3 aromatic rings. The fraction of sp³-hybridized carbons (Fsp3) is 0.158. The predicted octanol–water partition coefficient (Wildman–Crippen LogP) is 5.08. The maximum atomic E-state index is 10.6. The zero-order valence-corrected chi connectivity index (χ0v) is 12.6. The molecule has 21 heavy (non-hydrogen) atoms. The summed E-state index contributed by atoms with van der Waals surface area (Å²) in [5, 5.41) is 13.7. The van der Waals surface area contributed by atoms with Crippen molar-refractivity contribution in [1.29, 1.82) is 0 Å². The number of aliphatic hydroxyl groups excluding tert-OH is 1. The lowest BCUT2D eigenvalue weighted by Gasteiger charge is -2.16. The minimum Gasteiger partial charge on any atom is -0.388 e. The fourth-order valence-corrected chi connectivity index (χ4v) is 2.96. The Hall–Kier alpha value is -1.83. The zero-order chi connectivity index (χ0) is 14.8. The molecule has 0 aliphatic rings. The summed E-state index contributed by atoms with van der Waals surface area (Å²) in [7, 11) is 0. The molecule has 1 N–H and O–H groups in total. The first kappa shape index (κ1) is 14.1. The van der Waals surface area contributed by atoms with E-state index < -0.39 is 6.10 Å². The Balaban J connectivity index is 1.97. The highest BCUT2D eigenvalue weighted by Gasteiger charge is 2.14. The largest absolute Gasteiger partial charge is 0.388 e. The van der Waals surface area contributed by atoms with Gasteiger partial charge in [0.05, 0.1) is 6.10 Å². The van der Waals surface area contributed by atoms with Crippen LogP contribution in [0.1, 0.15) is 22.8 Å². The Morgan fingerprint density at radius 2 is 1.67 bits per heavy atom. The van der Waals surface area contributed by atoms with Crippen molar-refractivity contribution < 1.29 is 5.11 Å². The van der Waals surface area contributed by atoms with Crippen LogP contribution in [0.4, 0.5) is 0 Å². The molecule has 0 saturated heterocycles. The summed E-state index contributed by atoms with van der Waals surface area (Å²) in [4.78, 5) is 0. The monoisotopic (exact) mass is 296 g/mol. The molecule has 0 amide bonds. The number of fused-ring (bicyclic) bond motifs is 1. The molecule has 0 aliphatic carbocycles. The molecule has 2 heteroatoms. The van der Waals surface area contributed by atoms with Gasteiger partial charge in [0.2, 0.25) is 0 Å². The number of aliphatic hydroxyl groups is 1. The molecule has 0 fully saturated rings. The van der Waals surface area contributed by atoms with E-state index in [-0.39, 0.29) is 0 Å². The van der Waals surface area contributed by atoms with Crippen molar-refractivity contribution in [2.45, 2.75) is 19.4 Å². The summed E-state index contributed by atoms with van der Waals surface area (Å²) < 4.78 is 0. The van der Waals surface area contributed by atoms with Gasteiger partial charge in [-0.05, 0) is 40.5 Å². The zero-order valence-electron chi connectivity index (χ0n) is 11.9. The van der Waals surface area contributed by atoms with Gasteiger partial charge in [-0.2, -0.15) is 0 Å². The maximum absolute atomic E-state index is 10.6. The van der Waals surface area contributed by atoms with Gasteiger partial charge in [-0.1, -0.05) is 66.2 Å². The summed E-state index contributed by atoms with van der Waals surface area (Å²) in [6.45, 7) is 1.95. The molecular weight excluding hydrogens is 280 g/mol. The van der Waals surface area contributed by atoms with Gasteiger partial charge < -0.3 is 5.11 Å². The smallest absolute Gasteiger partial charge is 0.0833 e. The van der Waals surface area contributed by atoms with E-state index in [2.05, 4.69) is 24.3 Å². The second-order valence-corrected chi connectivity index (χ2v) is 5.72. The number of halogens is 1. The van der Waals surface area contributed by atoms with Crippen LogP contribution < -0.4 is 0 Å². The molecule has 0 spiro atoms. The number of hydrogen-bond acceptors (Lipinski definition) is 1. The fourth-order valence-electron chi connectivity index (χ4n) is 2.77. The average molecular weight is 297 g/mol. The highest BCUT2D eigenvalue weighted by molar-refractivity contribution is 6.31. The predicted molar refractivity (Wildman–Crippen MR) is 88.8 cm³/mol. The van der Waals surface area contributed by atoms with E-state index in [1.54, 1.807) is 0 Å². The van der Waals surface area contributed by atoms with E-state index in [9.17, 15) is 5.11 Å². The third kappa shape index (κ3) is 2.80. The molecule has 0 heterocycles. The quantitative estimate of drug-likeness (QED) is 0.715. The van der Waals surface area contributed by atoms with Gasteiger partial charge >= 0.3 is 0 Å². The van der Waals surface area contributed by atoms with E-state index >= 15 is 0 Å². The van der Waals surface area contributed by atoms with E-state index in [1.165, 1.54) is 10.8 Å². The molecule has 0 radical (unpaired) electrons. The second kappa shape index (κ2) is 5.88. The van der Waals surface area contributed by atoms with Gasteiger partial charge in [-0.25, -0.2) is 0 Å². The molecule has 0 aliphatic heterocycles. The topological polar surface area (TPSA) is 20.2 Å². The lowest BCUT2D eigenvalue weighted by atomic mass is 9.94. The Kier molecular flexibility index (Phi) is 3.96. The summed E-state index contributed by atoms with van der Waals surface area (Å²) >= 11 is 6.14. The molecule has 1 unspecified atom stereocenters. The molecule has 3 rings (SSSR count). The summed E-state index contributed by atoms with van der Waals surface area (Å²) in [6, 6.07) is 20.1. The third-order valence-electron chi connectivity index (χ3n) is 3.96. The van der Waals surface area contributed by atoms with Crippen LogP contribution in [0, 0.1) is 6.92 Å². The van der Waals surface area contributed by atoms with Crippen LogP contribution in [0.25, 0.3) is 10.8 Å².